The number of aromatic nitrogens is 2. The van der Waals surface area contributed by atoms with Gasteiger partial charge < -0.3 is 0 Å². The normalized spacial score (nSPS) is 12.1. The molecule has 68 valence electrons. The lowest BCUT2D eigenvalue weighted by Gasteiger charge is -2.06. The van der Waals surface area contributed by atoms with E-state index in [0.29, 0.717) is 9.39 Å². The molecule has 12 heavy (non-hydrogen) atoms. The maximum atomic E-state index is 11.9. The largest absolute Gasteiger partial charge is 0.408 e. The van der Waals surface area contributed by atoms with Crippen LogP contribution in [0.15, 0.2) is 6.07 Å². The molecule has 1 aromatic rings. The van der Waals surface area contributed by atoms with Crippen molar-refractivity contribution in [3.8, 4) is 0 Å². The van der Waals surface area contributed by atoms with E-state index in [1.165, 1.54) is 0 Å². The van der Waals surface area contributed by atoms with Gasteiger partial charge in [-0.2, -0.15) is 18.3 Å². The van der Waals surface area contributed by atoms with Gasteiger partial charge in [0.05, 0.1) is 9.39 Å². The van der Waals surface area contributed by atoms with Crippen molar-refractivity contribution >= 4 is 22.6 Å². The summed E-state index contributed by atoms with van der Waals surface area (Å²) >= 11 is 1.82. The zero-order valence-corrected chi connectivity index (χ0v) is 8.35. The highest BCUT2D eigenvalue weighted by molar-refractivity contribution is 14.1. The van der Waals surface area contributed by atoms with Gasteiger partial charge in [-0.05, 0) is 35.6 Å². The Labute approximate surface area is 80.9 Å². The van der Waals surface area contributed by atoms with Crippen LogP contribution in [0, 0.1) is 10.6 Å². The van der Waals surface area contributed by atoms with Gasteiger partial charge in [0, 0.05) is 0 Å². The summed E-state index contributed by atoms with van der Waals surface area (Å²) in [6.45, 7) is 0.647. The van der Waals surface area contributed by atoms with Crippen LogP contribution < -0.4 is 0 Å². The molecular formula is C6H6F3IN2. The molecule has 1 aromatic heterocycles. The van der Waals surface area contributed by atoms with E-state index in [4.69, 9.17) is 0 Å². The van der Waals surface area contributed by atoms with E-state index in [9.17, 15) is 13.2 Å². The molecule has 0 bridgehead atoms. The molecule has 0 unspecified atom stereocenters. The number of nitrogens with zero attached hydrogens (tertiary/aromatic N) is 2. The molecule has 0 aliphatic heterocycles. The summed E-state index contributed by atoms with van der Waals surface area (Å²) in [4.78, 5) is 0. The highest BCUT2D eigenvalue weighted by Gasteiger charge is 2.29. The molecule has 0 N–H and O–H groups in total. The number of alkyl halides is 3. The summed E-state index contributed by atoms with van der Waals surface area (Å²) in [6, 6.07) is 1.60. The second kappa shape index (κ2) is 3.23. The quantitative estimate of drug-likeness (QED) is 0.726. The van der Waals surface area contributed by atoms with Gasteiger partial charge in [0.25, 0.3) is 0 Å². The van der Waals surface area contributed by atoms with Gasteiger partial charge in [0.15, 0.2) is 0 Å². The number of rotatable bonds is 1. The van der Waals surface area contributed by atoms with Gasteiger partial charge in [-0.25, -0.2) is 4.68 Å². The van der Waals surface area contributed by atoms with E-state index in [1.54, 1.807) is 13.0 Å². The standard InChI is InChI=1S/C6H6F3IN2/c1-4-2-5(10)12(11-4)3-6(7,8)9/h2H,3H2,1H3. The van der Waals surface area contributed by atoms with Crippen LogP contribution in [0.25, 0.3) is 0 Å². The Morgan fingerprint density at radius 1 is 1.58 bits per heavy atom. The van der Waals surface area contributed by atoms with Gasteiger partial charge in [-0.15, -0.1) is 0 Å². The summed E-state index contributed by atoms with van der Waals surface area (Å²) in [5, 5.41) is 3.68. The van der Waals surface area contributed by atoms with E-state index < -0.39 is 12.7 Å². The molecule has 0 atom stereocenters. The SMILES string of the molecule is Cc1cc(I)n(CC(F)(F)F)n1. The molecule has 0 saturated carbocycles. The lowest BCUT2D eigenvalue weighted by molar-refractivity contribution is -0.143. The molecule has 6 heteroatoms. The topological polar surface area (TPSA) is 17.8 Å². The lowest BCUT2D eigenvalue weighted by atomic mass is 10.5. The minimum absolute atomic E-state index is 0.502. The second-order valence-corrected chi connectivity index (χ2v) is 3.49. The van der Waals surface area contributed by atoms with Crippen molar-refractivity contribution < 1.29 is 13.2 Å². The predicted octanol–water partition coefficient (Wildman–Crippen LogP) is 2.36. The molecule has 1 rings (SSSR count). The predicted molar refractivity (Wildman–Crippen MR) is 45.7 cm³/mol. The molecule has 1 heterocycles. The fraction of sp³-hybridized carbons (Fsp3) is 0.500. The van der Waals surface area contributed by atoms with Crippen LogP contribution in [0.4, 0.5) is 13.2 Å². The lowest BCUT2D eigenvalue weighted by Crippen LogP contribution is -2.19. The van der Waals surface area contributed by atoms with Crippen molar-refractivity contribution in [1.82, 2.24) is 9.78 Å². The maximum Gasteiger partial charge on any atom is 0.408 e. The summed E-state index contributed by atoms with van der Waals surface area (Å²) < 4.78 is 37.0. The molecule has 0 aliphatic rings. The zero-order chi connectivity index (χ0) is 9.35. The van der Waals surface area contributed by atoms with Crippen LogP contribution >= 0.6 is 22.6 Å². The highest BCUT2D eigenvalue weighted by Crippen LogP contribution is 2.19. The van der Waals surface area contributed by atoms with Crippen molar-refractivity contribution in [3.63, 3.8) is 0 Å². The first-order chi connectivity index (χ1) is 5.38. The average Bonchev–Trinajstić information content (AvgIpc) is 2.06. The van der Waals surface area contributed by atoms with Crippen LogP contribution in [0.5, 0.6) is 0 Å². The van der Waals surface area contributed by atoms with E-state index in [0.717, 1.165) is 4.68 Å². The van der Waals surface area contributed by atoms with Crippen molar-refractivity contribution in [2.24, 2.45) is 0 Å². The molecule has 0 spiro atoms. The van der Waals surface area contributed by atoms with Gasteiger partial charge in [0.1, 0.15) is 6.54 Å². The molecule has 0 saturated heterocycles. The first-order valence-electron chi connectivity index (χ1n) is 3.15. The van der Waals surface area contributed by atoms with Crippen molar-refractivity contribution in [1.29, 1.82) is 0 Å². The van der Waals surface area contributed by atoms with Crippen molar-refractivity contribution in [3.05, 3.63) is 15.5 Å². The first kappa shape index (κ1) is 9.82. The average molecular weight is 290 g/mol. The molecular weight excluding hydrogens is 284 g/mol. The van der Waals surface area contributed by atoms with Gasteiger partial charge in [-0.1, -0.05) is 0 Å². The third-order valence-electron chi connectivity index (χ3n) is 1.18. The zero-order valence-electron chi connectivity index (χ0n) is 6.19. The van der Waals surface area contributed by atoms with E-state index >= 15 is 0 Å². The Balaban J connectivity index is 2.82. The van der Waals surface area contributed by atoms with Gasteiger partial charge in [0.2, 0.25) is 0 Å². The minimum atomic E-state index is -4.20. The Bertz CT molecular complexity index is 279. The van der Waals surface area contributed by atoms with Gasteiger partial charge in [-0.3, -0.25) is 0 Å². The van der Waals surface area contributed by atoms with E-state index in [2.05, 4.69) is 5.10 Å². The third-order valence-corrected chi connectivity index (χ3v) is 2.05. The minimum Gasteiger partial charge on any atom is -0.250 e. The number of hydrogen-bond acceptors (Lipinski definition) is 1. The van der Waals surface area contributed by atoms with Gasteiger partial charge >= 0.3 is 6.18 Å². The molecule has 0 amide bonds. The third kappa shape index (κ3) is 2.65. The van der Waals surface area contributed by atoms with Crippen LogP contribution in [-0.2, 0) is 6.54 Å². The smallest absolute Gasteiger partial charge is 0.250 e. The summed E-state index contributed by atoms with van der Waals surface area (Å²) in [6.07, 6.45) is -4.20. The van der Waals surface area contributed by atoms with Crippen LogP contribution in [0.2, 0.25) is 0 Å². The molecule has 0 aliphatic carbocycles. The monoisotopic (exact) mass is 290 g/mol. The molecule has 0 aromatic carbocycles. The fourth-order valence-corrected chi connectivity index (χ4v) is 1.52. The Kier molecular flexibility index (Phi) is 2.64. The first-order valence-corrected chi connectivity index (χ1v) is 4.23. The van der Waals surface area contributed by atoms with Crippen molar-refractivity contribution in [2.45, 2.75) is 19.6 Å². The van der Waals surface area contributed by atoms with E-state index in [-0.39, 0.29) is 0 Å². The Morgan fingerprint density at radius 3 is 2.50 bits per heavy atom. The summed E-state index contributed by atoms with van der Waals surface area (Å²) in [7, 11) is 0. The fourth-order valence-electron chi connectivity index (χ4n) is 0.795. The van der Waals surface area contributed by atoms with Crippen LogP contribution in [-0.4, -0.2) is 16.0 Å². The highest BCUT2D eigenvalue weighted by atomic mass is 127. The number of aryl methyl sites for hydroxylation is 1. The molecule has 2 nitrogen and oxygen atoms in total. The molecule has 0 radical (unpaired) electrons. The Morgan fingerprint density at radius 2 is 2.17 bits per heavy atom. The second-order valence-electron chi connectivity index (χ2n) is 2.38. The number of hydrogen-bond donors (Lipinski definition) is 0. The maximum absolute atomic E-state index is 11.9. The summed E-state index contributed by atoms with van der Waals surface area (Å²) in [5.41, 5.74) is 0.601. The molecule has 0 fully saturated rings. The van der Waals surface area contributed by atoms with Crippen LogP contribution in [0.1, 0.15) is 5.69 Å². The van der Waals surface area contributed by atoms with Crippen LogP contribution in [0.3, 0.4) is 0 Å². The van der Waals surface area contributed by atoms with Crippen molar-refractivity contribution in [2.75, 3.05) is 0 Å². The number of halogens is 4. The Hall–Kier alpha value is -0.270. The summed E-state index contributed by atoms with van der Waals surface area (Å²) in [5.74, 6) is 0. The van der Waals surface area contributed by atoms with E-state index in [1.807, 2.05) is 22.6 Å².